The van der Waals surface area contributed by atoms with Crippen LogP contribution in [0.1, 0.15) is 18.3 Å². The normalized spacial score (nSPS) is 12.5. The number of rotatable bonds is 4. The number of hydrogen-bond acceptors (Lipinski definition) is 3. The van der Waals surface area contributed by atoms with E-state index in [2.05, 4.69) is 31.3 Å². The molecule has 1 amide bonds. The number of anilines is 1. The number of fused-ring (bicyclic) bond motifs is 1. The van der Waals surface area contributed by atoms with Gasteiger partial charge in [-0.25, -0.2) is 4.98 Å². The summed E-state index contributed by atoms with van der Waals surface area (Å²) in [5.74, 6) is 0.259. The van der Waals surface area contributed by atoms with Crippen LogP contribution in [0, 0.1) is 19.8 Å². The number of aryl methyl sites for hydroxylation is 2. The Hall–Kier alpha value is -2.15. The lowest BCUT2D eigenvalue weighted by molar-refractivity contribution is -0.119. The number of benzene rings is 1. The SMILES string of the molecule is Cc1nn(CC(C)C(=O)Nc2nc3ccccc3n2C)c(C)c1Br. The largest absolute Gasteiger partial charge is 0.313 e. The van der Waals surface area contributed by atoms with Gasteiger partial charge < -0.3 is 4.57 Å². The number of para-hydroxylation sites is 2. The van der Waals surface area contributed by atoms with E-state index in [0.717, 1.165) is 26.9 Å². The van der Waals surface area contributed by atoms with E-state index >= 15 is 0 Å². The van der Waals surface area contributed by atoms with E-state index < -0.39 is 0 Å². The van der Waals surface area contributed by atoms with Crippen molar-refractivity contribution in [2.24, 2.45) is 13.0 Å². The molecular formula is C17H20BrN5O. The highest BCUT2D eigenvalue weighted by molar-refractivity contribution is 9.10. The predicted octanol–water partition coefficient (Wildman–Crippen LogP) is 3.42. The van der Waals surface area contributed by atoms with Crippen LogP contribution in [0.5, 0.6) is 0 Å². The van der Waals surface area contributed by atoms with Crippen molar-refractivity contribution in [1.82, 2.24) is 19.3 Å². The first kappa shape index (κ1) is 16.7. The van der Waals surface area contributed by atoms with E-state index in [1.54, 1.807) is 0 Å². The molecule has 0 saturated heterocycles. The van der Waals surface area contributed by atoms with E-state index in [0.29, 0.717) is 12.5 Å². The fourth-order valence-corrected chi connectivity index (χ4v) is 2.97. The number of amides is 1. The zero-order valence-electron chi connectivity index (χ0n) is 14.2. The molecule has 2 heterocycles. The number of hydrogen-bond donors (Lipinski definition) is 1. The van der Waals surface area contributed by atoms with E-state index in [9.17, 15) is 4.79 Å². The zero-order chi connectivity index (χ0) is 17.4. The van der Waals surface area contributed by atoms with Crippen molar-refractivity contribution in [3.8, 4) is 0 Å². The van der Waals surface area contributed by atoms with Gasteiger partial charge >= 0.3 is 0 Å². The number of halogens is 1. The van der Waals surface area contributed by atoms with Crippen molar-refractivity contribution in [2.45, 2.75) is 27.3 Å². The highest BCUT2D eigenvalue weighted by Gasteiger charge is 2.19. The van der Waals surface area contributed by atoms with Gasteiger partial charge in [0.25, 0.3) is 0 Å². The lowest BCUT2D eigenvalue weighted by Crippen LogP contribution is -2.26. The van der Waals surface area contributed by atoms with Crippen LogP contribution >= 0.6 is 15.9 Å². The second-order valence-electron chi connectivity index (χ2n) is 6.04. The molecule has 3 aromatic rings. The molecule has 2 aromatic heterocycles. The highest BCUT2D eigenvalue weighted by atomic mass is 79.9. The van der Waals surface area contributed by atoms with Gasteiger partial charge in [-0.1, -0.05) is 19.1 Å². The molecule has 1 N–H and O–H groups in total. The Labute approximate surface area is 149 Å². The van der Waals surface area contributed by atoms with Crippen molar-refractivity contribution in [3.05, 3.63) is 40.1 Å². The lowest BCUT2D eigenvalue weighted by Gasteiger charge is -2.13. The van der Waals surface area contributed by atoms with Crippen LogP contribution in [0.4, 0.5) is 5.95 Å². The summed E-state index contributed by atoms with van der Waals surface area (Å²) >= 11 is 3.51. The Bertz CT molecular complexity index is 911. The first-order valence-electron chi connectivity index (χ1n) is 7.80. The van der Waals surface area contributed by atoms with Crippen molar-refractivity contribution < 1.29 is 4.79 Å². The summed E-state index contributed by atoms with van der Waals surface area (Å²) in [6.07, 6.45) is 0. The number of nitrogens with one attached hydrogen (secondary N) is 1. The summed E-state index contributed by atoms with van der Waals surface area (Å²) < 4.78 is 4.74. The third-order valence-electron chi connectivity index (χ3n) is 4.21. The number of imidazole rings is 1. The van der Waals surface area contributed by atoms with Crippen molar-refractivity contribution in [3.63, 3.8) is 0 Å². The maximum absolute atomic E-state index is 12.5. The molecule has 0 saturated carbocycles. The molecule has 1 aromatic carbocycles. The van der Waals surface area contributed by atoms with Crippen LogP contribution in [0.15, 0.2) is 28.7 Å². The fourth-order valence-electron chi connectivity index (χ4n) is 2.69. The van der Waals surface area contributed by atoms with Crippen LogP contribution in [-0.4, -0.2) is 25.2 Å². The van der Waals surface area contributed by atoms with Gasteiger partial charge in [-0.2, -0.15) is 5.10 Å². The summed E-state index contributed by atoms with van der Waals surface area (Å²) in [6.45, 7) is 6.34. The van der Waals surface area contributed by atoms with Gasteiger partial charge in [0.05, 0.1) is 33.7 Å². The predicted molar refractivity (Wildman–Crippen MR) is 97.9 cm³/mol. The molecule has 24 heavy (non-hydrogen) atoms. The van der Waals surface area contributed by atoms with Crippen LogP contribution in [0.25, 0.3) is 11.0 Å². The molecular weight excluding hydrogens is 370 g/mol. The summed E-state index contributed by atoms with van der Waals surface area (Å²) in [6, 6.07) is 7.81. The number of nitrogens with zero attached hydrogens (tertiary/aromatic N) is 4. The van der Waals surface area contributed by atoms with Gasteiger partial charge in [-0.3, -0.25) is 14.8 Å². The number of carbonyl (C=O) groups is 1. The maximum Gasteiger partial charge on any atom is 0.231 e. The second kappa shape index (κ2) is 6.39. The average Bonchev–Trinajstić information content (AvgIpc) is 3.00. The van der Waals surface area contributed by atoms with E-state index in [1.165, 1.54) is 0 Å². The molecule has 0 spiro atoms. The monoisotopic (exact) mass is 389 g/mol. The van der Waals surface area contributed by atoms with Crippen LogP contribution in [-0.2, 0) is 18.4 Å². The summed E-state index contributed by atoms with van der Waals surface area (Å²) in [4.78, 5) is 17.0. The lowest BCUT2D eigenvalue weighted by atomic mass is 10.1. The third kappa shape index (κ3) is 2.96. The first-order chi connectivity index (χ1) is 11.4. The van der Waals surface area contributed by atoms with Gasteiger partial charge in [-0.15, -0.1) is 0 Å². The molecule has 126 valence electrons. The molecule has 0 radical (unpaired) electrons. The van der Waals surface area contributed by atoms with Crippen molar-refractivity contribution in [2.75, 3.05) is 5.32 Å². The average molecular weight is 390 g/mol. The molecule has 3 rings (SSSR count). The van der Waals surface area contributed by atoms with Gasteiger partial charge in [0.1, 0.15) is 0 Å². The Morgan fingerprint density at radius 3 is 2.67 bits per heavy atom. The summed E-state index contributed by atoms with van der Waals surface area (Å²) in [5.41, 5.74) is 3.80. The van der Waals surface area contributed by atoms with Gasteiger partial charge in [0, 0.05) is 12.7 Å². The minimum Gasteiger partial charge on any atom is -0.313 e. The molecule has 1 unspecified atom stereocenters. The Morgan fingerprint density at radius 2 is 2.04 bits per heavy atom. The van der Waals surface area contributed by atoms with Gasteiger partial charge in [0.15, 0.2) is 0 Å². The Morgan fingerprint density at radius 1 is 1.33 bits per heavy atom. The molecule has 0 aliphatic heterocycles. The number of aromatic nitrogens is 4. The smallest absolute Gasteiger partial charge is 0.231 e. The first-order valence-corrected chi connectivity index (χ1v) is 8.59. The maximum atomic E-state index is 12.5. The van der Waals surface area contributed by atoms with Gasteiger partial charge in [0.2, 0.25) is 11.9 Å². The molecule has 7 heteroatoms. The fraction of sp³-hybridized carbons (Fsp3) is 0.353. The van der Waals surface area contributed by atoms with Gasteiger partial charge in [-0.05, 0) is 41.9 Å². The van der Waals surface area contributed by atoms with Crippen molar-refractivity contribution in [1.29, 1.82) is 0 Å². The minimum absolute atomic E-state index is 0.0721. The minimum atomic E-state index is -0.227. The molecule has 0 aliphatic carbocycles. The molecule has 0 fully saturated rings. The third-order valence-corrected chi connectivity index (χ3v) is 5.36. The topological polar surface area (TPSA) is 64.7 Å². The summed E-state index contributed by atoms with van der Waals surface area (Å²) in [7, 11) is 1.90. The number of carbonyl (C=O) groups excluding carboxylic acids is 1. The standard InChI is InChI=1S/C17H20BrN5O/c1-10(9-23-12(3)15(18)11(2)21-23)16(24)20-17-19-13-7-5-6-8-14(13)22(17)4/h5-8,10H,9H2,1-4H3,(H,19,20,24). The van der Waals surface area contributed by atoms with Crippen molar-refractivity contribution >= 4 is 38.8 Å². The van der Waals surface area contributed by atoms with Crippen LogP contribution in [0.2, 0.25) is 0 Å². The molecule has 0 aliphatic rings. The zero-order valence-corrected chi connectivity index (χ0v) is 15.8. The molecule has 6 nitrogen and oxygen atoms in total. The summed E-state index contributed by atoms with van der Waals surface area (Å²) in [5, 5.41) is 7.38. The molecule has 0 bridgehead atoms. The highest BCUT2D eigenvalue weighted by Crippen LogP contribution is 2.21. The Balaban J connectivity index is 1.76. The van der Waals surface area contributed by atoms with E-state index in [-0.39, 0.29) is 11.8 Å². The Kier molecular flexibility index (Phi) is 4.45. The van der Waals surface area contributed by atoms with E-state index in [4.69, 9.17) is 0 Å². The van der Waals surface area contributed by atoms with E-state index in [1.807, 2.05) is 61.3 Å². The van der Waals surface area contributed by atoms with Crippen LogP contribution in [0.3, 0.4) is 0 Å². The van der Waals surface area contributed by atoms with Crippen LogP contribution < -0.4 is 5.32 Å². The second-order valence-corrected chi connectivity index (χ2v) is 6.83. The molecule has 1 atom stereocenters. The quantitative estimate of drug-likeness (QED) is 0.743.